The third-order valence-corrected chi connectivity index (χ3v) is 10.6. The van der Waals surface area contributed by atoms with E-state index < -0.39 is 20.0 Å². The number of piperidine rings is 2. The largest absolute Gasteiger partial charge is 0.457 e. The summed E-state index contributed by atoms with van der Waals surface area (Å²) in [5.41, 5.74) is 0. The first-order chi connectivity index (χ1) is 15.7. The lowest BCUT2D eigenvalue weighted by Crippen LogP contribution is -2.41. The highest BCUT2D eigenvalue weighted by Gasteiger charge is 2.32. The number of rotatable bonds is 6. The molecule has 0 bridgehead atoms. The van der Waals surface area contributed by atoms with Crippen LogP contribution in [0.5, 0.6) is 11.5 Å². The van der Waals surface area contributed by atoms with Crippen molar-refractivity contribution in [1.82, 2.24) is 8.61 Å². The minimum atomic E-state index is -3.53. The standard InChI is InChI=1S/C24H32N2O5S2/c1-19-7-3-5-17-25(19)32(27,28)23-13-9-21(10-14-23)31-22-11-15-24(16-12-22)33(29,30)26-18-6-4-8-20(26)2/h9-16,19-20H,3-8,17-18H2,1-2H3/t19-,20-/m1/s1. The van der Waals surface area contributed by atoms with Gasteiger partial charge >= 0.3 is 0 Å². The van der Waals surface area contributed by atoms with Gasteiger partial charge in [0.1, 0.15) is 11.5 Å². The van der Waals surface area contributed by atoms with Gasteiger partial charge in [0.05, 0.1) is 9.79 Å². The number of benzene rings is 2. The fourth-order valence-corrected chi connectivity index (χ4v) is 8.02. The molecule has 2 heterocycles. The van der Waals surface area contributed by atoms with Gasteiger partial charge in [0.15, 0.2) is 0 Å². The van der Waals surface area contributed by atoms with Crippen molar-refractivity contribution < 1.29 is 21.6 Å². The van der Waals surface area contributed by atoms with E-state index in [1.54, 1.807) is 57.1 Å². The van der Waals surface area contributed by atoms with Crippen LogP contribution in [0.1, 0.15) is 52.4 Å². The summed E-state index contributed by atoms with van der Waals surface area (Å²) in [5.74, 6) is 0.974. The lowest BCUT2D eigenvalue weighted by Gasteiger charge is -2.32. The monoisotopic (exact) mass is 492 g/mol. The lowest BCUT2D eigenvalue weighted by atomic mass is 10.1. The molecule has 0 saturated carbocycles. The lowest BCUT2D eigenvalue weighted by molar-refractivity contribution is 0.268. The molecule has 4 rings (SSSR count). The SMILES string of the molecule is C[C@@H]1CCCCN1S(=O)(=O)c1ccc(Oc2ccc(S(=O)(=O)N3CCCC[C@H]3C)cc2)cc1. The molecular formula is C24H32N2O5S2. The van der Waals surface area contributed by atoms with Crippen molar-refractivity contribution >= 4 is 20.0 Å². The summed E-state index contributed by atoms with van der Waals surface area (Å²) in [6, 6.07) is 12.7. The van der Waals surface area contributed by atoms with Crippen LogP contribution in [0.3, 0.4) is 0 Å². The second-order valence-corrected chi connectivity index (χ2v) is 12.7. The highest BCUT2D eigenvalue weighted by Crippen LogP contribution is 2.30. The van der Waals surface area contributed by atoms with E-state index in [2.05, 4.69) is 0 Å². The number of hydrogen-bond donors (Lipinski definition) is 0. The van der Waals surface area contributed by atoms with E-state index in [-0.39, 0.29) is 21.9 Å². The normalized spacial score (nSPS) is 23.3. The molecule has 2 saturated heterocycles. The molecule has 2 aromatic carbocycles. The third-order valence-electron chi connectivity index (χ3n) is 6.58. The second kappa shape index (κ2) is 9.74. The molecule has 0 N–H and O–H groups in total. The fourth-order valence-electron chi connectivity index (χ4n) is 4.62. The summed E-state index contributed by atoms with van der Waals surface area (Å²) in [6.45, 7) is 4.99. The van der Waals surface area contributed by atoms with Gasteiger partial charge in [-0.05, 0) is 88.1 Å². The molecular weight excluding hydrogens is 460 g/mol. The smallest absolute Gasteiger partial charge is 0.243 e. The molecule has 0 amide bonds. The maximum absolute atomic E-state index is 13.0. The minimum Gasteiger partial charge on any atom is -0.457 e. The van der Waals surface area contributed by atoms with Gasteiger partial charge in [0, 0.05) is 25.2 Å². The van der Waals surface area contributed by atoms with Gasteiger partial charge in [-0.25, -0.2) is 16.8 Å². The van der Waals surface area contributed by atoms with Gasteiger partial charge in [-0.15, -0.1) is 0 Å². The van der Waals surface area contributed by atoms with Crippen LogP contribution in [0.15, 0.2) is 58.3 Å². The molecule has 2 aliphatic rings. The van der Waals surface area contributed by atoms with E-state index in [1.165, 1.54) is 0 Å². The maximum Gasteiger partial charge on any atom is 0.243 e. The summed E-state index contributed by atoms with van der Waals surface area (Å²) in [4.78, 5) is 0.501. The van der Waals surface area contributed by atoms with Crippen LogP contribution in [0.2, 0.25) is 0 Å². The first-order valence-corrected chi connectivity index (χ1v) is 14.5. The van der Waals surface area contributed by atoms with Crippen molar-refractivity contribution in [3.63, 3.8) is 0 Å². The van der Waals surface area contributed by atoms with Crippen molar-refractivity contribution in [2.45, 2.75) is 74.2 Å². The van der Waals surface area contributed by atoms with E-state index in [9.17, 15) is 16.8 Å². The van der Waals surface area contributed by atoms with E-state index in [0.29, 0.717) is 24.6 Å². The van der Waals surface area contributed by atoms with Crippen LogP contribution in [-0.4, -0.2) is 50.6 Å². The predicted molar refractivity (Wildman–Crippen MR) is 127 cm³/mol. The van der Waals surface area contributed by atoms with Crippen LogP contribution in [0, 0.1) is 0 Å². The van der Waals surface area contributed by atoms with E-state index >= 15 is 0 Å². The Bertz CT molecular complexity index is 1070. The summed E-state index contributed by atoms with van der Waals surface area (Å²) in [7, 11) is -7.06. The zero-order chi connectivity index (χ0) is 23.6. The zero-order valence-corrected chi connectivity index (χ0v) is 20.8. The summed E-state index contributed by atoms with van der Waals surface area (Å²) < 4.78 is 60.9. The topological polar surface area (TPSA) is 84.0 Å². The Balaban J connectivity index is 1.45. The van der Waals surface area contributed by atoms with Gasteiger partial charge in [-0.3, -0.25) is 0 Å². The third kappa shape index (κ3) is 5.11. The molecule has 0 aromatic heterocycles. The van der Waals surface area contributed by atoms with Gasteiger partial charge in [0.2, 0.25) is 20.0 Å². The first kappa shape index (κ1) is 24.2. The Labute approximate surface area is 197 Å². The number of sulfonamides is 2. The molecule has 2 aromatic rings. The van der Waals surface area contributed by atoms with E-state index in [0.717, 1.165) is 38.5 Å². The van der Waals surface area contributed by atoms with E-state index in [1.807, 2.05) is 13.8 Å². The number of ether oxygens (including phenoxy) is 1. The highest BCUT2D eigenvalue weighted by atomic mass is 32.2. The zero-order valence-electron chi connectivity index (χ0n) is 19.2. The molecule has 0 aliphatic carbocycles. The summed E-state index contributed by atoms with van der Waals surface area (Å²) >= 11 is 0. The van der Waals surface area contributed by atoms with Crippen LogP contribution >= 0.6 is 0 Å². The van der Waals surface area contributed by atoms with Crippen molar-refractivity contribution in [2.24, 2.45) is 0 Å². The molecule has 2 fully saturated rings. The van der Waals surface area contributed by atoms with Gasteiger partial charge in [-0.2, -0.15) is 8.61 Å². The molecule has 0 spiro atoms. The Morgan fingerprint density at radius 3 is 1.33 bits per heavy atom. The quantitative estimate of drug-likeness (QED) is 0.588. The van der Waals surface area contributed by atoms with Crippen LogP contribution in [0.25, 0.3) is 0 Å². The first-order valence-electron chi connectivity index (χ1n) is 11.6. The fraction of sp³-hybridized carbons (Fsp3) is 0.500. The minimum absolute atomic E-state index is 0.00222. The number of hydrogen-bond acceptors (Lipinski definition) is 5. The van der Waals surface area contributed by atoms with Crippen molar-refractivity contribution in [3.8, 4) is 11.5 Å². The van der Waals surface area contributed by atoms with Crippen molar-refractivity contribution in [3.05, 3.63) is 48.5 Å². The molecule has 180 valence electrons. The molecule has 2 aliphatic heterocycles. The average Bonchev–Trinajstić information content (AvgIpc) is 2.80. The van der Waals surface area contributed by atoms with Gasteiger partial charge in [-0.1, -0.05) is 12.8 Å². The summed E-state index contributed by atoms with van der Waals surface area (Å²) in [6.07, 6.45) is 5.63. The second-order valence-electron chi connectivity index (χ2n) is 8.97. The van der Waals surface area contributed by atoms with Crippen LogP contribution in [-0.2, 0) is 20.0 Å². The average molecular weight is 493 g/mol. The molecule has 7 nitrogen and oxygen atoms in total. The Morgan fingerprint density at radius 2 is 1.00 bits per heavy atom. The molecule has 0 radical (unpaired) electrons. The molecule has 33 heavy (non-hydrogen) atoms. The van der Waals surface area contributed by atoms with Crippen molar-refractivity contribution in [1.29, 1.82) is 0 Å². The number of nitrogens with zero attached hydrogens (tertiary/aromatic N) is 2. The maximum atomic E-state index is 13.0. The Kier molecular flexibility index (Phi) is 7.14. The highest BCUT2D eigenvalue weighted by molar-refractivity contribution is 7.89. The van der Waals surface area contributed by atoms with Gasteiger partial charge in [0.25, 0.3) is 0 Å². The molecule has 0 unspecified atom stereocenters. The summed E-state index contributed by atoms with van der Waals surface area (Å²) in [5, 5.41) is 0. The Morgan fingerprint density at radius 1 is 0.636 bits per heavy atom. The Hall–Kier alpha value is -1.94. The van der Waals surface area contributed by atoms with E-state index in [4.69, 9.17) is 4.74 Å². The van der Waals surface area contributed by atoms with Crippen molar-refractivity contribution in [2.75, 3.05) is 13.1 Å². The van der Waals surface area contributed by atoms with Crippen LogP contribution in [0.4, 0.5) is 0 Å². The van der Waals surface area contributed by atoms with Gasteiger partial charge < -0.3 is 4.74 Å². The predicted octanol–water partition coefficient (Wildman–Crippen LogP) is 4.61. The molecule has 9 heteroatoms. The molecule has 2 atom stereocenters. The van der Waals surface area contributed by atoms with Crippen LogP contribution < -0.4 is 4.74 Å².